The van der Waals surface area contributed by atoms with E-state index in [1.54, 1.807) is 25.4 Å². The molecule has 5 nitrogen and oxygen atoms in total. The number of nitrogens with one attached hydrogen (secondary N) is 1. The van der Waals surface area contributed by atoms with Crippen LogP contribution >= 0.6 is 0 Å². The summed E-state index contributed by atoms with van der Waals surface area (Å²) in [6.07, 6.45) is 4.14. The zero-order chi connectivity index (χ0) is 13.0. The van der Waals surface area contributed by atoms with Crippen molar-refractivity contribution in [3.63, 3.8) is 0 Å². The zero-order valence-corrected chi connectivity index (χ0v) is 10.8. The number of carbonyl (C=O) groups excluding carboxylic acids is 1. The van der Waals surface area contributed by atoms with Crippen LogP contribution in [0.25, 0.3) is 0 Å². The van der Waals surface area contributed by atoms with Crippen molar-refractivity contribution in [1.82, 2.24) is 10.3 Å². The molecule has 1 unspecified atom stereocenters. The summed E-state index contributed by atoms with van der Waals surface area (Å²) >= 11 is 0. The predicted octanol–water partition coefficient (Wildman–Crippen LogP) is 1.06. The van der Waals surface area contributed by atoms with E-state index < -0.39 is 0 Å². The molecule has 2 rings (SSSR count). The zero-order valence-electron chi connectivity index (χ0n) is 10.8. The van der Waals surface area contributed by atoms with Crippen molar-refractivity contribution in [2.24, 2.45) is 0 Å². The van der Waals surface area contributed by atoms with Crippen LogP contribution in [0.4, 0.5) is 5.82 Å². The van der Waals surface area contributed by atoms with Crippen molar-refractivity contribution in [1.29, 1.82) is 0 Å². The lowest BCUT2D eigenvalue weighted by Crippen LogP contribution is -2.31. The van der Waals surface area contributed by atoms with Crippen LogP contribution in [0.15, 0.2) is 18.3 Å². The Morgan fingerprint density at radius 2 is 2.50 bits per heavy atom. The SMILES string of the molecule is CNC(=O)c1cccnc1N(C)CC1CCCO1. The molecule has 1 aliphatic heterocycles. The Bertz CT molecular complexity index is 416. The van der Waals surface area contributed by atoms with Crippen LogP contribution in [0.5, 0.6) is 0 Å². The molecule has 1 aromatic heterocycles. The molecule has 1 atom stereocenters. The average Bonchev–Trinajstić information content (AvgIpc) is 2.90. The fourth-order valence-corrected chi connectivity index (χ4v) is 2.19. The number of hydrogen-bond acceptors (Lipinski definition) is 4. The first kappa shape index (κ1) is 12.8. The number of aromatic nitrogens is 1. The van der Waals surface area contributed by atoms with Crippen molar-refractivity contribution >= 4 is 11.7 Å². The van der Waals surface area contributed by atoms with Gasteiger partial charge in [-0.05, 0) is 25.0 Å². The van der Waals surface area contributed by atoms with Gasteiger partial charge in [0.15, 0.2) is 0 Å². The van der Waals surface area contributed by atoms with Crippen LogP contribution in [0.2, 0.25) is 0 Å². The second kappa shape index (κ2) is 5.82. The monoisotopic (exact) mass is 249 g/mol. The summed E-state index contributed by atoms with van der Waals surface area (Å²) in [5.41, 5.74) is 0.598. The van der Waals surface area contributed by atoms with Crippen molar-refractivity contribution in [3.8, 4) is 0 Å². The lowest BCUT2D eigenvalue weighted by molar-refractivity contribution is 0.0962. The number of rotatable bonds is 4. The lowest BCUT2D eigenvalue weighted by atomic mass is 10.2. The number of pyridine rings is 1. The molecule has 0 aromatic carbocycles. The van der Waals surface area contributed by atoms with E-state index >= 15 is 0 Å². The molecule has 98 valence electrons. The van der Waals surface area contributed by atoms with Crippen molar-refractivity contribution in [2.75, 3.05) is 32.1 Å². The van der Waals surface area contributed by atoms with Gasteiger partial charge in [-0.1, -0.05) is 0 Å². The second-order valence-electron chi connectivity index (χ2n) is 4.47. The fraction of sp³-hybridized carbons (Fsp3) is 0.538. The average molecular weight is 249 g/mol. The molecule has 18 heavy (non-hydrogen) atoms. The lowest BCUT2D eigenvalue weighted by Gasteiger charge is -2.23. The molecule has 2 heterocycles. The third kappa shape index (κ3) is 2.79. The first-order valence-corrected chi connectivity index (χ1v) is 6.22. The highest BCUT2D eigenvalue weighted by atomic mass is 16.5. The van der Waals surface area contributed by atoms with Gasteiger partial charge in [0.1, 0.15) is 5.82 Å². The van der Waals surface area contributed by atoms with Crippen LogP contribution in [-0.2, 0) is 4.74 Å². The third-order valence-electron chi connectivity index (χ3n) is 3.12. The first-order chi connectivity index (χ1) is 8.72. The number of nitrogens with zero attached hydrogens (tertiary/aromatic N) is 2. The van der Waals surface area contributed by atoms with Gasteiger partial charge >= 0.3 is 0 Å². The van der Waals surface area contributed by atoms with Crippen LogP contribution < -0.4 is 10.2 Å². The molecule has 1 amide bonds. The summed E-state index contributed by atoms with van der Waals surface area (Å²) < 4.78 is 5.60. The third-order valence-corrected chi connectivity index (χ3v) is 3.12. The highest BCUT2D eigenvalue weighted by molar-refractivity contribution is 5.98. The number of anilines is 1. The topological polar surface area (TPSA) is 54.5 Å². The fourth-order valence-electron chi connectivity index (χ4n) is 2.19. The summed E-state index contributed by atoms with van der Waals surface area (Å²) in [6.45, 7) is 1.60. The molecule has 1 aliphatic rings. The summed E-state index contributed by atoms with van der Waals surface area (Å²) in [6, 6.07) is 3.56. The largest absolute Gasteiger partial charge is 0.376 e. The van der Waals surface area contributed by atoms with Gasteiger partial charge in [-0.2, -0.15) is 0 Å². The van der Waals surface area contributed by atoms with Gasteiger partial charge in [-0.15, -0.1) is 0 Å². The Kier molecular flexibility index (Phi) is 4.15. The molecule has 1 N–H and O–H groups in total. The van der Waals surface area contributed by atoms with Gasteiger partial charge in [0.2, 0.25) is 0 Å². The van der Waals surface area contributed by atoms with Gasteiger partial charge in [-0.25, -0.2) is 4.98 Å². The maximum Gasteiger partial charge on any atom is 0.254 e. The Balaban J connectivity index is 2.13. The van der Waals surface area contributed by atoms with Crippen LogP contribution in [0, 0.1) is 0 Å². The quantitative estimate of drug-likeness (QED) is 0.867. The smallest absolute Gasteiger partial charge is 0.254 e. The van der Waals surface area contributed by atoms with Crippen molar-refractivity contribution in [3.05, 3.63) is 23.9 Å². The molecule has 0 spiro atoms. The maximum atomic E-state index is 11.8. The normalized spacial score (nSPS) is 18.7. The van der Waals surface area contributed by atoms with Crippen molar-refractivity contribution < 1.29 is 9.53 Å². The molecule has 1 fully saturated rings. The highest BCUT2D eigenvalue weighted by Gasteiger charge is 2.20. The summed E-state index contributed by atoms with van der Waals surface area (Å²) in [4.78, 5) is 18.1. The van der Waals surface area contributed by atoms with Gasteiger partial charge in [0.05, 0.1) is 11.7 Å². The summed E-state index contributed by atoms with van der Waals surface area (Å²) in [5.74, 6) is 0.588. The molecular weight excluding hydrogens is 230 g/mol. The van der Waals surface area contributed by atoms with E-state index in [-0.39, 0.29) is 12.0 Å². The van der Waals surface area contributed by atoms with Crippen LogP contribution in [0.3, 0.4) is 0 Å². The summed E-state index contributed by atoms with van der Waals surface area (Å²) in [7, 11) is 3.57. The minimum absolute atomic E-state index is 0.114. The maximum absolute atomic E-state index is 11.8. The van der Waals surface area contributed by atoms with E-state index in [0.29, 0.717) is 11.4 Å². The Morgan fingerprint density at radius 1 is 1.67 bits per heavy atom. The van der Waals surface area contributed by atoms with E-state index in [4.69, 9.17) is 4.74 Å². The Morgan fingerprint density at radius 3 is 3.17 bits per heavy atom. The molecule has 0 saturated carbocycles. The van der Waals surface area contributed by atoms with E-state index in [0.717, 1.165) is 26.0 Å². The Labute approximate surface area is 107 Å². The standard InChI is InChI=1S/C13H19N3O2/c1-14-13(17)11-6-3-7-15-12(11)16(2)9-10-5-4-8-18-10/h3,6-7,10H,4-5,8-9H2,1-2H3,(H,14,17). The summed E-state index contributed by atoms with van der Waals surface area (Å²) in [5, 5.41) is 2.63. The van der Waals surface area contributed by atoms with Crippen LogP contribution in [-0.4, -0.2) is 44.2 Å². The van der Waals surface area contributed by atoms with Crippen molar-refractivity contribution in [2.45, 2.75) is 18.9 Å². The van der Waals surface area contributed by atoms with Gasteiger partial charge in [0, 0.05) is 33.4 Å². The molecule has 0 bridgehead atoms. The minimum Gasteiger partial charge on any atom is -0.376 e. The second-order valence-corrected chi connectivity index (χ2v) is 4.47. The molecular formula is C13H19N3O2. The van der Waals surface area contributed by atoms with Gasteiger partial charge in [0.25, 0.3) is 5.91 Å². The number of ether oxygens (including phenoxy) is 1. The molecule has 0 aliphatic carbocycles. The first-order valence-electron chi connectivity index (χ1n) is 6.22. The van der Waals surface area contributed by atoms with Gasteiger partial charge < -0.3 is 15.0 Å². The number of hydrogen-bond donors (Lipinski definition) is 1. The van der Waals surface area contributed by atoms with E-state index in [1.165, 1.54) is 0 Å². The molecule has 1 saturated heterocycles. The van der Waals surface area contributed by atoms with E-state index in [9.17, 15) is 4.79 Å². The number of likely N-dealkylation sites (N-methyl/N-ethyl adjacent to an activating group) is 1. The predicted molar refractivity (Wildman–Crippen MR) is 69.9 cm³/mol. The Hall–Kier alpha value is -1.62. The van der Waals surface area contributed by atoms with E-state index in [2.05, 4.69) is 10.3 Å². The van der Waals surface area contributed by atoms with Gasteiger partial charge in [-0.3, -0.25) is 4.79 Å². The number of carbonyl (C=O) groups is 1. The number of amides is 1. The minimum atomic E-state index is -0.114. The van der Waals surface area contributed by atoms with E-state index in [1.807, 2.05) is 11.9 Å². The molecule has 5 heteroatoms. The van der Waals surface area contributed by atoms with Crippen LogP contribution in [0.1, 0.15) is 23.2 Å². The highest BCUT2D eigenvalue weighted by Crippen LogP contribution is 2.19. The molecule has 0 radical (unpaired) electrons. The molecule has 1 aromatic rings.